The lowest BCUT2D eigenvalue weighted by atomic mass is 10.2. The summed E-state index contributed by atoms with van der Waals surface area (Å²) >= 11 is 5.82. The zero-order chi connectivity index (χ0) is 14.1. The number of amides is 2. The van der Waals surface area contributed by atoms with Gasteiger partial charge in [0.25, 0.3) is 5.91 Å². The Balaban J connectivity index is 4.83. The summed E-state index contributed by atoms with van der Waals surface area (Å²) < 4.78 is 4.78. The van der Waals surface area contributed by atoms with Crippen molar-refractivity contribution in [1.82, 2.24) is 10.6 Å². The second-order valence-corrected chi connectivity index (χ2v) is 3.72. The van der Waals surface area contributed by atoms with Gasteiger partial charge in [0.1, 0.15) is 0 Å². The van der Waals surface area contributed by atoms with E-state index in [1.807, 2.05) is 0 Å². The maximum absolute atomic E-state index is 11.7. The molecule has 2 N–H and O–H groups in total. The van der Waals surface area contributed by atoms with Gasteiger partial charge in [-0.25, -0.2) is 4.79 Å². The molecular weight excluding hydrogens is 260 g/mol. The summed E-state index contributed by atoms with van der Waals surface area (Å²) in [5.41, 5.74) is 0. The number of carbonyl (C=O) groups is 3. The van der Waals surface area contributed by atoms with Crippen molar-refractivity contribution in [2.24, 2.45) is 0 Å². The van der Waals surface area contributed by atoms with Crippen LogP contribution in [0.4, 0.5) is 0 Å². The first kappa shape index (κ1) is 16.4. The van der Waals surface area contributed by atoms with Gasteiger partial charge in [0.15, 0.2) is 5.38 Å². The Morgan fingerprint density at radius 2 is 1.72 bits per heavy atom. The van der Waals surface area contributed by atoms with Gasteiger partial charge >= 0.3 is 5.97 Å². The molecule has 18 heavy (non-hydrogen) atoms. The summed E-state index contributed by atoms with van der Waals surface area (Å²) in [4.78, 5) is 34.3. The molecule has 0 aliphatic rings. The molecule has 0 aliphatic carbocycles. The molecule has 2 atom stereocenters. The normalized spacial score (nSPS) is 13.1. The van der Waals surface area contributed by atoms with Crippen LogP contribution in [0.1, 0.15) is 13.8 Å². The Kier molecular flexibility index (Phi) is 7.78. The van der Waals surface area contributed by atoms with E-state index in [1.54, 1.807) is 13.8 Å². The van der Waals surface area contributed by atoms with E-state index < -0.39 is 29.3 Å². The number of esters is 1. The van der Waals surface area contributed by atoms with E-state index in [-0.39, 0.29) is 0 Å². The molecule has 0 bridgehead atoms. The molecule has 0 aromatic rings. The fraction of sp³-hybridized carbons (Fsp3) is 0.545. The monoisotopic (exact) mass is 276 g/mol. The van der Waals surface area contributed by atoms with E-state index >= 15 is 0 Å². The predicted octanol–water partition coefficient (Wildman–Crippen LogP) is -0.0362. The van der Waals surface area contributed by atoms with Crippen LogP contribution < -0.4 is 10.6 Å². The maximum Gasteiger partial charge on any atom is 0.330 e. The fourth-order valence-electron chi connectivity index (χ4n) is 1.10. The van der Waals surface area contributed by atoms with Gasteiger partial charge in [-0.3, -0.25) is 9.59 Å². The third-order valence-electron chi connectivity index (χ3n) is 1.89. The molecule has 102 valence electrons. The van der Waals surface area contributed by atoms with Crippen molar-refractivity contribution in [1.29, 1.82) is 0 Å². The van der Waals surface area contributed by atoms with Gasteiger partial charge in [-0.05, 0) is 13.8 Å². The molecule has 0 radical (unpaired) electrons. The van der Waals surface area contributed by atoms with Crippen molar-refractivity contribution >= 4 is 29.4 Å². The van der Waals surface area contributed by atoms with E-state index in [0.29, 0.717) is 13.1 Å². The summed E-state index contributed by atoms with van der Waals surface area (Å²) in [5, 5.41) is 3.59. The topological polar surface area (TPSA) is 84.5 Å². The maximum atomic E-state index is 11.7. The van der Waals surface area contributed by atoms with Crippen molar-refractivity contribution in [2.45, 2.75) is 25.3 Å². The zero-order valence-corrected chi connectivity index (χ0v) is 11.1. The van der Waals surface area contributed by atoms with Gasteiger partial charge in [-0.1, -0.05) is 6.58 Å². The molecule has 0 spiro atoms. The standard InChI is InChI=1S/C11H17ClN2O4/c1-4-7(15)18-9(11(17)14-6-3)8(12)10(16)13-5-2/h4,8-9H,1,5-6H2,2-3H3,(H,13,16)(H,14,17). The summed E-state index contributed by atoms with van der Waals surface area (Å²) in [6.07, 6.45) is -0.489. The van der Waals surface area contributed by atoms with Gasteiger partial charge in [0.05, 0.1) is 0 Å². The molecule has 0 aliphatic heterocycles. The highest BCUT2D eigenvalue weighted by atomic mass is 35.5. The average molecular weight is 277 g/mol. The summed E-state index contributed by atoms with van der Waals surface area (Å²) in [6.45, 7) is 7.30. The molecule has 2 unspecified atom stereocenters. The van der Waals surface area contributed by atoms with Crippen LogP contribution in [0.15, 0.2) is 12.7 Å². The second-order valence-electron chi connectivity index (χ2n) is 3.25. The molecule has 0 aromatic heterocycles. The van der Waals surface area contributed by atoms with Crippen LogP contribution in [0.5, 0.6) is 0 Å². The Morgan fingerprint density at radius 1 is 1.22 bits per heavy atom. The number of hydrogen-bond acceptors (Lipinski definition) is 4. The third kappa shape index (κ3) is 5.18. The summed E-state index contributed by atoms with van der Waals surface area (Å²) in [6, 6.07) is 0. The van der Waals surface area contributed by atoms with Crippen LogP contribution >= 0.6 is 11.6 Å². The average Bonchev–Trinajstić information content (AvgIpc) is 2.35. The highest BCUT2D eigenvalue weighted by Crippen LogP contribution is 2.09. The first-order valence-electron chi connectivity index (χ1n) is 5.50. The molecule has 6 nitrogen and oxygen atoms in total. The Morgan fingerprint density at radius 3 is 2.17 bits per heavy atom. The molecular formula is C11H17ClN2O4. The SMILES string of the molecule is C=CC(=O)OC(C(=O)NCC)C(Cl)C(=O)NCC. The number of alkyl halides is 1. The molecule has 0 aromatic carbocycles. The highest BCUT2D eigenvalue weighted by molar-refractivity contribution is 6.32. The quantitative estimate of drug-likeness (QED) is 0.388. The number of rotatable bonds is 7. The Labute approximate surface area is 111 Å². The van der Waals surface area contributed by atoms with E-state index in [9.17, 15) is 14.4 Å². The molecule has 2 amide bonds. The minimum Gasteiger partial charge on any atom is -0.447 e. The smallest absolute Gasteiger partial charge is 0.330 e. The van der Waals surface area contributed by atoms with Gasteiger partial charge in [0.2, 0.25) is 12.0 Å². The van der Waals surface area contributed by atoms with Crippen LogP contribution in [0.2, 0.25) is 0 Å². The van der Waals surface area contributed by atoms with Crippen LogP contribution in [-0.2, 0) is 19.1 Å². The van der Waals surface area contributed by atoms with Crippen LogP contribution in [0.3, 0.4) is 0 Å². The van der Waals surface area contributed by atoms with E-state index in [0.717, 1.165) is 6.08 Å². The van der Waals surface area contributed by atoms with Crippen LogP contribution in [0, 0.1) is 0 Å². The minimum atomic E-state index is -1.39. The summed E-state index contributed by atoms with van der Waals surface area (Å²) in [5.74, 6) is -2.02. The van der Waals surface area contributed by atoms with Crippen LogP contribution in [-0.4, -0.2) is 42.4 Å². The van der Waals surface area contributed by atoms with Crippen molar-refractivity contribution < 1.29 is 19.1 Å². The zero-order valence-electron chi connectivity index (χ0n) is 10.4. The lowest BCUT2D eigenvalue weighted by molar-refractivity contribution is -0.152. The van der Waals surface area contributed by atoms with Crippen molar-refractivity contribution in [3.8, 4) is 0 Å². The summed E-state index contributed by atoms with van der Waals surface area (Å²) in [7, 11) is 0. The lowest BCUT2D eigenvalue weighted by Crippen LogP contribution is -2.49. The molecule has 0 saturated heterocycles. The minimum absolute atomic E-state index is 0.333. The number of halogens is 1. The lowest BCUT2D eigenvalue weighted by Gasteiger charge is -2.20. The van der Waals surface area contributed by atoms with Crippen LogP contribution in [0.25, 0.3) is 0 Å². The van der Waals surface area contributed by atoms with Gasteiger partial charge in [0, 0.05) is 19.2 Å². The molecule has 0 heterocycles. The van der Waals surface area contributed by atoms with Crippen molar-refractivity contribution in [3.05, 3.63) is 12.7 Å². The number of likely N-dealkylation sites (N-methyl/N-ethyl adjacent to an activating group) is 1. The van der Waals surface area contributed by atoms with E-state index in [2.05, 4.69) is 17.2 Å². The first-order chi connectivity index (χ1) is 8.47. The Hall–Kier alpha value is -1.56. The molecule has 7 heteroatoms. The second kappa shape index (κ2) is 8.52. The van der Waals surface area contributed by atoms with Crippen molar-refractivity contribution in [3.63, 3.8) is 0 Å². The number of ether oxygens (including phenoxy) is 1. The third-order valence-corrected chi connectivity index (χ3v) is 2.31. The highest BCUT2D eigenvalue weighted by Gasteiger charge is 2.34. The molecule has 0 rings (SSSR count). The van der Waals surface area contributed by atoms with Crippen molar-refractivity contribution in [2.75, 3.05) is 13.1 Å². The first-order valence-corrected chi connectivity index (χ1v) is 5.94. The fourth-order valence-corrected chi connectivity index (χ4v) is 1.35. The number of nitrogens with one attached hydrogen (secondary N) is 2. The number of carbonyl (C=O) groups excluding carboxylic acids is 3. The largest absolute Gasteiger partial charge is 0.447 e. The van der Waals surface area contributed by atoms with Gasteiger partial charge in [-0.15, -0.1) is 11.6 Å². The Bertz CT molecular complexity index is 333. The van der Waals surface area contributed by atoms with Gasteiger partial charge in [-0.2, -0.15) is 0 Å². The van der Waals surface area contributed by atoms with E-state index in [4.69, 9.17) is 16.3 Å². The number of hydrogen-bond donors (Lipinski definition) is 2. The predicted molar refractivity (Wildman–Crippen MR) is 67.1 cm³/mol. The van der Waals surface area contributed by atoms with Gasteiger partial charge < -0.3 is 15.4 Å². The molecule has 0 fully saturated rings. The molecule has 0 saturated carbocycles. The van der Waals surface area contributed by atoms with E-state index in [1.165, 1.54) is 0 Å².